The summed E-state index contributed by atoms with van der Waals surface area (Å²) in [5, 5.41) is 8.50. The third kappa shape index (κ3) is 4.92. The molecule has 0 saturated heterocycles. The Morgan fingerprint density at radius 2 is 1.83 bits per heavy atom. The van der Waals surface area contributed by atoms with Crippen LogP contribution in [0.3, 0.4) is 0 Å². The molecule has 0 rings (SSSR count). The maximum absolute atomic E-state index is 11.1. The first kappa shape index (κ1) is 14.7. The molecular formula is C6H16ClNO3S. The zero-order chi connectivity index (χ0) is 9.07. The Morgan fingerprint density at radius 1 is 1.42 bits per heavy atom. The molecule has 1 unspecified atom stereocenters. The summed E-state index contributed by atoms with van der Waals surface area (Å²) in [5.41, 5.74) is 5.06. The normalized spacial score (nSPS) is 14.1. The van der Waals surface area contributed by atoms with E-state index >= 15 is 0 Å². The molecule has 0 aliphatic rings. The lowest BCUT2D eigenvalue weighted by Gasteiger charge is -2.10. The van der Waals surface area contributed by atoms with E-state index in [1.165, 1.54) is 0 Å². The van der Waals surface area contributed by atoms with Crippen LogP contribution in [0.4, 0.5) is 0 Å². The van der Waals surface area contributed by atoms with Crippen LogP contribution in [0, 0.1) is 0 Å². The first-order chi connectivity index (χ1) is 4.90. The lowest BCUT2D eigenvalue weighted by molar-refractivity contribution is 0.205. The Hall–Kier alpha value is 0.160. The number of halogens is 1. The maximum atomic E-state index is 11.1. The van der Waals surface area contributed by atoms with Crippen LogP contribution >= 0.6 is 12.4 Å². The molecule has 0 heterocycles. The molecular weight excluding hydrogens is 202 g/mol. The fourth-order valence-corrected chi connectivity index (χ4v) is 1.59. The van der Waals surface area contributed by atoms with Crippen LogP contribution in [0.25, 0.3) is 0 Å². The van der Waals surface area contributed by atoms with Crippen molar-refractivity contribution >= 4 is 22.2 Å². The number of hydrogen-bond donors (Lipinski definition) is 2. The highest BCUT2D eigenvalue weighted by Gasteiger charge is 2.19. The summed E-state index contributed by atoms with van der Waals surface area (Å²) in [7, 11) is -3.14. The van der Waals surface area contributed by atoms with Crippen LogP contribution < -0.4 is 5.73 Å². The van der Waals surface area contributed by atoms with Crippen LogP contribution in [-0.4, -0.2) is 37.2 Å². The minimum atomic E-state index is -3.14. The standard InChI is InChI=1S/C6H15NO3S.ClH/c1-5(2)11(9,10)4-6(8)3-7;/h5-6,8H,3-4,7H2,1-2H3;1H. The molecule has 0 aromatic carbocycles. The second kappa shape index (κ2) is 5.75. The maximum Gasteiger partial charge on any atom is 0.155 e. The monoisotopic (exact) mass is 217 g/mol. The van der Waals surface area contributed by atoms with E-state index in [9.17, 15) is 8.42 Å². The summed E-state index contributed by atoms with van der Waals surface area (Å²) in [6, 6.07) is 0. The van der Waals surface area contributed by atoms with Gasteiger partial charge in [0.15, 0.2) is 9.84 Å². The molecule has 4 nitrogen and oxygen atoms in total. The molecule has 0 aromatic rings. The van der Waals surface area contributed by atoms with Crippen LogP contribution in [0.15, 0.2) is 0 Å². The molecule has 0 bridgehead atoms. The lowest BCUT2D eigenvalue weighted by atomic mass is 10.4. The summed E-state index contributed by atoms with van der Waals surface area (Å²) in [6.07, 6.45) is -0.928. The fraction of sp³-hybridized carbons (Fsp3) is 1.00. The van der Waals surface area contributed by atoms with Gasteiger partial charge in [0.2, 0.25) is 0 Å². The van der Waals surface area contributed by atoms with E-state index in [1.54, 1.807) is 13.8 Å². The molecule has 0 saturated carbocycles. The van der Waals surface area contributed by atoms with Gasteiger partial charge in [-0.25, -0.2) is 8.42 Å². The molecule has 0 aliphatic carbocycles. The van der Waals surface area contributed by atoms with E-state index in [2.05, 4.69) is 0 Å². The molecule has 12 heavy (non-hydrogen) atoms. The van der Waals surface area contributed by atoms with E-state index < -0.39 is 21.2 Å². The van der Waals surface area contributed by atoms with Gasteiger partial charge in [0.1, 0.15) is 0 Å². The largest absolute Gasteiger partial charge is 0.391 e. The van der Waals surface area contributed by atoms with Gasteiger partial charge in [-0.15, -0.1) is 12.4 Å². The van der Waals surface area contributed by atoms with Crippen molar-refractivity contribution in [2.24, 2.45) is 5.73 Å². The third-order valence-electron chi connectivity index (χ3n) is 1.42. The van der Waals surface area contributed by atoms with Crippen molar-refractivity contribution in [3.63, 3.8) is 0 Å². The van der Waals surface area contributed by atoms with E-state index in [0.29, 0.717) is 0 Å². The van der Waals surface area contributed by atoms with E-state index in [-0.39, 0.29) is 24.7 Å². The number of hydrogen-bond acceptors (Lipinski definition) is 4. The number of rotatable bonds is 4. The Labute approximate surface area is 79.5 Å². The Balaban J connectivity index is 0. The zero-order valence-corrected chi connectivity index (χ0v) is 8.86. The van der Waals surface area contributed by atoms with Gasteiger partial charge >= 0.3 is 0 Å². The fourth-order valence-electron chi connectivity index (χ4n) is 0.529. The molecule has 0 fully saturated rings. The van der Waals surface area contributed by atoms with Crippen molar-refractivity contribution < 1.29 is 13.5 Å². The van der Waals surface area contributed by atoms with Crippen molar-refractivity contribution in [3.05, 3.63) is 0 Å². The Morgan fingerprint density at radius 3 is 2.08 bits per heavy atom. The van der Waals surface area contributed by atoms with Crippen molar-refractivity contribution in [2.45, 2.75) is 25.2 Å². The highest BCUT2D eigenvalue weighted by Crippen LogP contribution is 2.01. The average Bonchev–Trinajstić information content (AvgIpc) is 1.86. The van der Waals surface area contributed by atoms with Gasteiger partial charge in [-0.1, -0.05) is 0 Å². The highest BCUT2D eigenvalue weighted by atomic mass is 35.5. The molecule has 0 aromatic heterocycles. The van der Waals surface area contributed by atoms with Crippen molar-refractivity contribution in [1.82, 2.24) is 0 Å². The topological polar surface area (TPSA) is 80.4 Å². The smallest absolute Gasteiger partial charge is 0.155 e. The summed E-state index contributed by atoms with van der Waals surface area (Å²) in [6.45, 7) is 3.16. The predicted molar refractivity (Wildman–Crippen MR) is 51.2 cm³/mol. The zero-order valence-electron chi connectivity index (χ0n) is 7.23. The van der Waals surface area contributed by atoms with Gasteiger partial charge in [0, 0.05) is 6.54 Å². The van der Waals surface area contributed by atoms with Crippen molar-refractivity contribution in [1.29, 1.82) is 0 Å². The summed E-state index contributed by atoms with van der Waals surface area (Å²) >= 11 is 0. The van der Waals surface area contributed by atoms with Crippen molar-refractivity contribution in [2.75, 3.05) is 12.3 Å². The first-order valence-electron chi connectivity index (χ1n) is 3.50. The second-order valence-electron chi connectivity index (χ2n) is 2.77. The third-order valence-corrected chi connectivity index (χ3v) is 3.70. The summed E-state index contributed by atoms with van der Waals surface area (Å²) < 4.78 is 22.2. The molecule has 0 spiro atoms. The number of aliphatic hydroxyl groups excluding tert-OH is 1. The van der Waals surface area contributed by atoms with Crippen LogP contribution in [0.5, 0.6) is 0 Å². The minimum Gasteiger partial charge on any atom is -0.391 e. The number of nitrogens with two attached hydrogens (primary N) is 1. The van der Waals surface area contributed by atoms with E-state index in [1.807, 2.05) is 0 Å². The Kier molecular flexibility index (Phi) is 7.02. The van der Waals surface area contributed by atoms with E-state index in [0.717, 1.165) is 0 Å². The quantitative estimate of drug-likeness (QED) is 0.669. The molecule has 6 heteroatoms. The van der Waals surface area contributed by atoms with Crippen LogP contribution in [-0.2, 0) is 9.84 Å². The second-order valence-corrected chi connectivity index (χ2v) is 5.37. The molecule has 1 atom stereocenters. The first-order valence-corrected chi connectivity index (χ1v) is 5.21. The molecule has 76 valence electrons. The van der Waals surface area contributed by atoms with Gasteiger partial charge < -0.3 is 10.8 Å². The predicted octanol–water partition coefficient (Wildman–Crippen LogP) is -0.449. The van der Waals surface area contributed by atoms with Gasteiger partial charge in [-0.2, -0.15) is 0 Å². The molecule has 3 N–H and O–H groups in total. The molecule has 0 amide bonds. The minimum absolute atomic E-state index is 0. The lowest BCUT2D eigenvalue weighted by Crippen LogP contribution is -2.31. The van der Waals surface area contributed by atoms with Gasteiger partial charge in [0.25, 0.3) is 0 Å². The van der Waals surface area contributed by atoms with E-state index in [4.69, 9.17) is 10.8 Å². The Bertz CT molecular complexity index is 203. The van der Waals surface area contributed by atoms with Crippen molar-refractivity contribution in [3.8, 4) is 0 Å². The molecule has 0 radical (unpaired) electrons. The highest BCUT2D eigenvalue weighted by molar-refractivity contribution is 7.92. The van der Waals surface area contributed by atoms with Gasteiger partial charge in [-0.05, 0) is 13.8 Å². The van der Waals surface area contributed by atoms with Gasteiger partial charge in [-0.3, -0.25) is 0 Å². The van der Waals surface area contributed by atoms with Gasteiger partial charge in [0.05, 0.1) is 17.1 Å². The number of sulfone groups is 1. The van der Waals surface area contributed by atoms with Crippen LogP contribution in [0.1, 0.15) is 13.8 Å². The average molecular weight is 218 g/mol. The van der Waals surface area contributed by atoms with Crippen LogP contribution in [0.2, 0.25) is 0 Å². The number of aliphatic hydroxyl groups is 1. The SMILES string of the molecule is CC(C)S(=O)(=O)CC(O)CN.Cl. The summed E-state index contributed by atoms with van der Waals surface area (Å²) in [5.74, 6) is -0.235. The summed E-state index contributed by atoms with van der Waals surface area (Å²) in [4.78, 5) is 0. The molecule has 0 aliphatic heterocycles.